The summed E-state index contributed by atoms with van der Waals surface area (Å²) < 4.78 is 4.79. The molecule has 37 heavy (non-hydrogen) atoms. The minimum Gasteiger partial charge on any atom is -0.481 e. The number of carbonyl (C=O) groups excluding carboxylic acids is 2. The van der Waals surface area contributed by atoms with E-state index in [0.717, 1.165) is 5.56 Å². The maximum Gasteiger partial charge on any atom is 0.408 e. The first-order valence-corrected chi connectivity index (χ1v) is 11.2. The van der Waals surface area contributed by atoms with E-state index in [1.54, 1.807) is 24.3 Å². The van der Waals surface area contributed by atoms with E-state index < -0.39 is 49.0 Å². The monoisotopic (exact) mass is 521 g/mol. The first-order valence-electron chi connectivity index (χ1n) is 11.2. The van der Waals surface area contributed by atoms with Crippen LogP contribution in [0.1, 0.15) is 53.6 Å². The number of nitrogens with zero attached hydrogens (tertiary/aromatic N) is 1. The molecule has 0 saturated carbocycles. The summed E-state index contributed by atoms with van der Waals surface area (Å²) in [5.74, 6) is -4.59. The summed E-state index contributed by atoms with van der Waals surface area (Å²) in [5.41, 5.74) is 12.5. The number of hydrogen-bond acceptors (Lipinski definition) is 7. The SMILES string of the molecule is C=Cc1cc(C(=O)NCCCC[C@H](OC(=O)N[C@@H](CCC(=O)O)C(=O)O)C(=O)O)ccc1CN=C(N)N. The van der Waals surface area contributed by atoms with Crippen molar-refractivity contribution in [2.75, 3.05) is 6.54 Å². The van der Waals surface area contributed by atoms with Crippen molar-refractivity contribution < 1.29 is 44.0 Å². The number of nitrogens with two attached hydrogens (primary N) is 2. The Balaban J connectivity index is 2.54. The van der Waals surface area contributed by atoms with Crippen molar-refractivity contribution in [1.82, 2.24) is 10.6 Å². The lowest BCUT2D eigenvalue weighted by atomic mass is 10.0. The van der Waals surface area contributed by atoms with Crippen LogP contribution in [0.15, 0.2) is 29.8 Å². The van der Waals surface area contributed by atoms with Gasteiger partial charge in [0.1, 0.15) is 6.04 Å². The Bertz CT molecular complexity index is 1040. The predicted molar refractivity (Wildman–Crippen MR) is 132 cm³/mol. The van der Waals surface area contributed by atoms with E-state index in [1.807, 2.05) is 5.32 Å². The average Bonchev–Trinajstić information content (AvgIpc) is 2.83. The van der Waals surface area contributed by atoms with Crippen molar-refractivity contribution in [3.63, 3.8) is 0 Å². The van der Waals surface area contributed by atoms with Crippen LogP contribution >= 0.6 is 0 Å². The molecule has 0 bridgehead atoms. The molecule has 2 amide bonds. The highest BCUT2D eigenvalue weighted by molar-refractivity contribution is 5.95. The van der Waals surface area contributed by atoms with Crippen molar-refractivity contribution in [2.24, 2.45) is 16.5 Å². The normalized spacial score (nSPS) is 11.9. The van der Waals surface area contributed by atoms with Crippen LogP contribution in [0.4, 0.5) is 4.79 Å². The van der Waals surface area contributed by atoms with Crippen LogP contribution in [-0.2, 0) is 25.7 Å². The lowest BCUT2D eigenvalue weighted by Crippen LogP contribution is -2.43. The molecule has 0 aliphatic rings. The number of rotatable bonds is 16. The molecule has 1 aromatic rings. The number of carbonyl (C=O) groups is 5. The quantitative estimate of drug-likeness (QED) is 0.0896. The number of ether oxygens (including phenoxy) is 1. The zero-order valence-electron chi connectivity index (χ0n) is 20.0. The molecule has 14 heteroatoms. The molecule has 1 aromatic carbocycles. The van der Waals surface area contributed by atoms with E-state index in [2.05, 4.69) is 16.9 Å². The number of carboxylic acid groups (broad SMARTS) is 3. The molecule has 0 radical (unpaired) electrons. The minimum absolute atomic E-state index is 0.0619. The standard InChI is InChI=1S/C23H31N5O9/c1-2-13-11-14(6-7-15(13)12-27-22(24)25)19(31)26-10-4-3-5-17(21(34)35)37-23(36)28-16(20(32)33)8-9-18(29)30/h2,6-7,11,16-17H,1,3-5,8-10,12H2,(H,26,31)(H,28,36)(H,29,30)(H,32,33)(H,34,35)(H4,24,25,27)/t16-,17-/m0/s1. The maximum atomic E-state index is 12.4. The van der Waals surface area contributed by atoms with Crippen LogP contribution in [0.3, 0.4) is 0 Å². The highest BCUT2D eigenvalue weighted by atomic mass is 16.6. The summed E-state index contributed by atoms with van der Waals surface area (Å²) in [4.78, 5) is 61.4. The molecule has 0 saturated heterocycles. The zero-order chi connectivity index (χ0) is 28.0. The van der Waals surface area contributed by atoms with E-state index in [9.17, 15) is 29.1 Å². The minimum atomic E-state index is -1.56. The van der Waals surface area contributed by atoms with Crippen LogP contribution in [0.5, 0.6) is 0 Å². The second-order valence-electron chi connectivity index (χ2n) is 7.81. The van der Waals surface area contributed by atoms with Crippen molar-refractivity contribution in [2.45, 2.75) is 50.8 Å². The van der Waals surface area contributed by atoms with Crippen molar-refractivity contribution in [1.29, 1.82) is 0 Å². The molecule has 0 fully saturated rings. The molecule has 202 valence electrons. The van der Waals surface area contributed by atoms with Crippen LogP contribution in [0.25, 0.3) is 6.08 Å². The van der Waals surface area contributed by atoms with Crippen LogP contribution in [0, 0.1) is 0 Å². The molecule has 0 aliphatic heterocycles. The van der Waals surface area contributed by atoms with E-state index >= 15 is 0 Å². The van der Waals surface area contributed by atoms with Gasteiger partial charge in [0.05, 0.1) is 6.54 Å². The Kier molecular flexibility index (Phi) is 12.6. The van der Waals surface area contributed by atoms with Gasteiger partial charge in [-0.15, -0.1) is 0 Å². The second kappa shape index (κ2) is 15.4. The lowest BCUT2D eigenvalue weighted by molar-refractivity contribution is -0.147. The van der Waals surface area contributed by atoms with Gasteiger partial charge in [-0.25, -0.2) is 19.4 Å². The Hall–Kier alpha value is -4.62. The molecular formula is C23H31N5O9. The number of alkyl carbamates (subject to hydrolysis) is 1. The molecule has 0 spiro atoms. The van der Waals surface area contributed by atoms with Gasteiger partial charge in [-0.2, -0.15) is 0 Å². The Labute approximate surface area is 212 Å². The molecule has 9 N–H and O–H groups in total. The second-order valence-corrected chi connectivity index (χ2v) is 7.81. The fourth-order valence-corrected chi connectivity index (χ4v) is 3.07. The summed E-state index contributed by atoms with van der Waals surface area (Å²) in [6.45, 7) is 4.16. The van der Waals surface area contributed by atoms with Gasteiger partial charge in [-0.05, 0) is 48.9 Å². The Morgan fingerprint density at radius 2 is 1.76 bits per heavy atom. The van der Waals surface area contributed by atoms with Gasteiger partial charge in [0.25, 0.3) is 5.91 Å². The molecule has 14 nitrogen and oxygen atoms in total. The molecule has 2 atom stereocenters. The highest BCUT2D eigenvalue weighted by Gasteiger charge is 2.26. The number of hydrogen-bond donors (Lipinski definition) is 7. The summed E-state index contributed by atoms with van der Waals surface area (Å²) in [5, 5.41) is 31.6. The Morgan fingerprint density at radius 3 is 2.32 bits per heavy atom. The molecule has 0 aliphatic carbocycles. The van der Waals surface area contributed by atoms with E-state index in [0.29, 0.717) is 17.5 Å². The third-order valence-corrected chi connectivity index (χ3v) is 5.00. The van der Waals surface area contributed by atoms with Crippen molar-refractivity contribution in [3.05, 3.63) is 41.5 Å². The third kappa shape index (κ3) is 11.6. The van der Waals surface area contributed by atoms with Crippen LogP contribution in [-0.4, -0.2) is 69.9 Å². The number of guanidine groups is 1. The number of nitrogens with one attached hydrogen (secondary N) is 2. The number of aliphatic imine (C=N–C) groups is 1. The maximum absolute atomic E-state index is 12.4. The van der Waals surface area contributed by atoms with Crippen LogP contribution < -0.4 is 22.1 Å². The van der Waals surface area contributed by atoms with Gasteiger partial charge in [0, 0.05) is 18.5 Å². The Morgan fingerprint density at radius 1 is 1.05 bits per heavy atom. The number of aliphatic carboxylic acids is 3. The van der Waals surface area contributed by atoms with E-state index in [-0.39, 0.29) is 37.8 Å². The zero-order valence-corrected chi connectivity index (χ0v) is 20.0. The number of unbranched alkanes of at least 4 members (excludes halogenated alkanes) is 1. The number of carboxylic acids is 3. The number of amides is 2. The summed E-state index contributed by atoms with van der Waals surface area (Å²) in [7, 11) is 0. The predicted octanol–water partition coefficient (Wildman–Crippen LogP) is 0.501. The first kappa shape index (κ1) is 30.4. The van der Waals surface area contributed by atoms with Crippen molar-refractivity contribution in [3.8, 4) is 0 Å². The third-order valence-electron chi connectivity index (χ3n) is 5.00. The fourth-order valence-electron chi connectivity index (χ4n) is 3.07. The first-order chi connectivity index (χ1) is 17.4. The summed E-state index contributed by atoms with van der Waals surface area (Å²) in [6, 6.07) is 3.39. The molecule has 0 unspecified atom stereocenters. The van der Waals surface area contributed by atoms with Gasteiger partial charge in [-0.1, -0.05) is 18.7 Å². The average molecular weight is 522 g/mol. The molecule has 1 rings (SSSR count). The largest absolute Gasteiger partial charge is 0.481 e. The number of benzene rings is 1. The summed E-state index contributed by atoms with van der Waals surface area (Å²) in [6.07, 6.45) is -1.65. The smallest absolute Gasteiger partial charge is 0.408 e. The van der Waals surface area contributed by atoms with Gasteiger partial charge < -0.3 is 42.2 Å². The fraction of sp³-hybridized carbons (Fsp3) is 0.391. The van der Waals surface area contributed by atoms with Gasteiger partial charge in [0.15, 0.2) is 5.96 Å². The van der Waals surface area contributed by atoms with Crippen LogP contribution in [0.2, 0.25) is 0 Å². The van der Waals surface area contributed by atoms with Gasteiger partial charge >= 0.3 is 24.0 Å². The molecule has 0 heterocycles. The molecule has 0 aromatic heterocycles. The van der Waals surface area contributed by atoms with E-state index in [1.165, 1.54) is 0 Å². The lowest BCUT2D eigenvalue weighted by Gasteiger charge is -2.17. The highest BCUT2D eigenvalue weighted by Crippen LogP contribution is 2.15. The van der Waals surface area contributed by atoms with Crippen molar-refractivity contribution >= 4 is 41.9 Å². The van der Waals surface area contributed by atoms with Gasteiger partial charge in [-0.3, -0.25) is 9.59 Å². The topological polar surface area (TPSA) is 244 Å². The summed E-state index contributed by atoms with van der Waals surface area (Å²) >= 11 is 0. The van der Waals surface area contributed by atoms with Gasteiger partial charge in [0.2, 0.25) is 6.10 Å². The van der Waals surface area contributed by atoms with E-state index in [4.69, 9.17) is 26.4 Å². The molecular weight excluding hydrogens is 490 g/mol.